The molecule has 0 saturated carbocycles. The summed E-state index contributed by atoms with van der Waals surface area (Å²) >= 11 is 1.69. The molecule has 2 heterocycles. The van der Waals surface area contributed by atoms with Gasteiger partial charge in [-0.15, -0.1) is 0 Å². The number of hydrogen-bond acceptors (Lipinski definition) is 5. The molecule has 0 spiro atoms. The van der Waals surface area contributed by atoms with Crippen molar-refractivity contribution < 1.29 is 9.53 Å². The summed E-state index contributed by atoms with van der Waals surface area (Å²) in [5, 5.41) is 1.01. The van der Waals surface area contributed by atoms with Crippen molar-refractivity contribution >= 4 is 32.6 Å². The van der Waals surface area contributed by atoms with Crippen LogP contribution in [0.25, 0.3) is 10.2 Å². The Hall–Kier alpha value is -2.60. The van der Waals surface area contributed by atoms with Gasteiger partial charge in [-0.1, -0.05) is 47.7 Å². The average Bonchev–Trinajstić information content (AvgIpc) is 3.18. The largest absolute Gasteiger partial charge is 0.492 e. The number of para-hydroxylation sites is 1. The Morgan fingerprint density at radius 1 is 1.07 bits per heavy atom. The molecule has 0 N–H and O–H groups in total. The highest BCUT2D eigenvalue weighted by molar-refractivity contribution is 7.22. The van der Waals surface area contributed by atoms with Gasteiger partial charge >= 0.3 is 0 Å². The number of carbonyl (C=O) groups is 1. The first-order chi connectivity index (χ1) is 13.7. The lowest BCUT2D eigenvalue weighted by Crippen LogP contribution is -2.48. The molecule has 0 unspecified atom stereocenters. The van der Waals surface area contributed by atoms with Crippen molar-refractivity contribution in [1.29, 1.82) is 0 Å². The van der Waals surface area contributed by atoms with Crippen LogP contribution in [0.15, 0.2) is 48.5 Å². The molecule has 1 saturated heterocycles. The molecular weight excluding hydrogens is 370 g/mol. The van der Waals surface area contributed by atoms with Gasteiger partial charge in [0.15, 0.2) is 5.13 Å². The van der Waals surface area contributed by atoms with E-state index >= 15 is 0 Å². The zero-order valence-corrected chi connectivity index (χ0v) is 17.0. The third-order valence-electron chi connectivity index (χ3n) is 5.04. The normalized spacial score (nSPS) is 14.5. The number of rotatable bonds is 6. The fraction of sp³-hybridized carbons (Fsp3) is 0.364. The van der Waals surface area contributed by atoms with Gasteiger partial charge in [0, 0.05) is 32.6 Å². The summed E-state index contributed by atoms with van der Waals surface area (Å²) in [7, 11) is 0. The number of benzene rings is 2. The van der Waals surface area contributed by atoms with Crippen molar-refractivity contribution in [3.63, 3.8) is 0 Å². The summed E-state index contributed by atoms with van der Waals surface area (Å²) in [6, 6.07) is 16.3. The maximum atomic E-state index is 12.5. The second-order valence-electron chi connectivity index (χ2n) is 6.89. The molecule has 0 radical (unpaired) electrons. The third kappa shape index (κ3) is 4.12. The Morgan fingerprint density at radius 2 is 1.86 bits per heavy atom. The van der Waals surface area contributed by atoms with Crippen molar-refractivity contribution in [2.75, 3.05) is 37.7 Å². The molecule has 0 bridgehead atoms. The Bertz CT molecular complexity index is 933. The first-order valence-corrected chi connectivity index (χ1v) is 10.6. The average molecular weight is 396 g/mol. The van der Waals surface area contributed by atoms with E-state index in [-0.39, 0.29) is 5.91 Å². The molecule has 1 aliphatic heterocycles. The van der Waals surface area contributed by atoms with Crippen LogP contribution >= 0.6 is 11.3 Å². The predicted molar refractivity (Wildman–Crippen MR) is 114 cm³/mol. The van der Waals surface area contributed by atoms with Crippen LogP contribution in [0.3, 0.4) is 0 Å². The van der Waals surface area contributed by atoms with Crippen LogP contribution in [0.5, 0.6) is 5.75 Å². The maximum Gasteiger partial charge on any atom is 0.223 e. The number of carbonyl (C=O) groups excluding carboxylic acids is 1. The second kappa shape index (κ2) is 8.61. The summed E-state index contributed by atoms with van der Waals surface area (Å²) in [6.07, 6.45) is 1.38. The lowest BCUT2D eigenvalue weighted by molar-refractivity contribution is -0.131. The lowest BCUT2D eigenvalue weighted by atomic mass is 10.1. The minimum absolute atomic E-state index is 0.242. The highest BCUT2D eigenvalue weighted by atomic mass is 32.1. The highest BCUT2D eigenvalue weighted by Gasteiger charge is 2.23. The first kappa shape index (κ1) is 18.7. The molecule has 146 valence electrons. The van der Waals surface area contributed by atoms with Gasteiger partial charge in [-0.2, -0.15) is 0 Å². The van der Waals surface area contributed by atoms with Gasteiger partial charge in [0.25, 0.3) is 0 Å². The van der Waals surface area contributed by atoms with E-state index in [4.69, 9.17) is 9.72 Å². The molecule has 1 aromatic heterocycles. The molecule has 1 fully saturated rings. The van der Waals surface area contributed by atoms with E-state index in [1.54, 1.807) is 11.3 Å². The van der Waals surface area contributed by atoms with E-state index in [1.807, 2.05) is 42.2 Å². The smallest absolute Gasteiger partial charge is 0.223 e. The Kier molecular flexibility index (Phi) is 5.76. The van der Waals surface area contributed by atoms with E-state index in [2.05, 4.69) is 23.1 Å². The van der Waals surface area contributed by atoms with Gasteiger partial charge in [-0.25, -0.2) is 4.98 Å². The van der Waals surface area contributed by atoms with Gasteiger partial charge in [0.05, 0.1) is 11.3 Å². The molecule has 5 nitrogen and oxygen atoms in total. The summed E-state index contributed by atoms with van der Waals surface area (Å²) in [5.41, 5.74) is 2.15. The van der Waals surface area contributed by atoms with Crippen molar-refractivity contribution in [2.45, 2.75) is 19.8 Å². The zero-order valence-electron chi connectivity index (χ0n) is 16.1. The van der Waals surface area contributed by atoms with Crippen LogP contribution < -0.4 is 9.64 Å². The van der Waals surface area contributed by atoms with Gasteiger partial charge < -0.3 is 14.5 Å². The highest BCUT2D eigenvalue weighted by Crippen LogP contribution is 2.34. The summed E-state index contributed by atoms with van der Waals surface area (Å²) < 4.78 is 6.85. The fourth-order valence-corrected chi connectivity index (χ4v) is 4.55. The predicted octanol–water partition coefficient (Wildman–Crippen LogP) is 3.98. The number of fused-ring (bicyclic) bond motifs is 1. The Balaban J connectivity index is 1.35. The van der Waals surface area contributed by atoms with E-state index in [1.165, 1.54) is 5.56 Å². The SMILES string of the molecule is CCOc1cccc2sc(N3CCN(C(=O)CCc4ccccc4)CC3)nc12. The van der Waals surface area contributed by atoms with Crippen molar-refractivity contribution in [3.05, 3.63) is 54.1 Å². The lowest BCUT2D eigenvalue weighted by Gasteiger charge is -2.34. The number of aromatic nitrogens is 1. The van der Waals surface area contributed by atoms with Gasteiger partial charge in [0.2, 0.25) is 5.91 Å². The van der Waals surface area contributed by atoms with Gasteiger partial charge in [-0.05, 0) is 31.0 Å². The topological polar surface area (TPSA) is 45.7 Å². The number of amides is 1. The monoisotopic (exact) mass is 395 g/mol. The van der Waals surface area contributed by atoms with Crippen LogP contribution in [0.4, 0.5) is 5.13 Å². The minimum Gasteiger partial charge on any atom is -0.492 e. The number of nitrogens with zero attached hydrogens (tertiary/aromatic N) is 3. The first-order valence-electron chi connectivity index (χ1n) is 9.83. The fourth-order valence-electron chi connectivity index (χ4n) is 3.52. The Labute approximate surface area is 169 Å². The van der Waals surface area contributed by atoms with E-state index in [0.717, 1.165) is 53.7 Å². The zero-order chi connectivity index (χ0) is 19.3. The van der Waals surface area contributed by atoms with E-state index in [9.17, 15) is 4.79 Å². The maximum absolute atomic E-state index is 12.5. The summed E-state index contributed by atoms with van der Waals surface area (Å²) in [6.45, 7) is 5.77. The number of piperazine rings is 1. The van der Waals surface area contributed by atoms with Crippen molar-refractivity contribution in [2.24, 2.45) is 0 Å². The van der Waals surface area contributed by atoms with E-state index < -0.39 is 0 Å². The quantitative estimate of drug-likeness (QED) is 0.633. The number of hydrogen-bond donors (Lipinski definition) is 0. The van der Waals surface area contributed by atoms with Crippen molar-refractivity contribution in [1.82, 2.24) is 9.88 Å². The van der Waals surface area contributed by atoms with Gasteiger partial charge in [-0.3, -0.25) is 4.79 Å². The molecular formula is C22H25N3O2S. The van der Waals surface area contributed by atoms with Crippen LogP contribution in [-0.4, -0.2) is 48.6 Å². The molecule has 3 aromatic rings. The molecule has 2 aromatic carbocycles. The summed E-state index contributed by atoms with van der Waals surface area (Å²) in [4.78, 5) is 21.6. The van der Waals surface area contributed by atoms with Gasteiger partial charge in [0.1, 0.15) is 11.3 Å². The Morgan fingerprint density at radius 3 is 2.61 bits per heavy atom. The molecule has 0 atom stereocenters. The van der Waals surface area contributed by atoms with Crippen LogP contribution in [-0.2, 0) is 11.2 Å². The third-order valence-corrected chi connectivity index (χ3v) is 6.13. The van der Waals surface area contributed by atoms with Crippen LogP contribution in [0, 0.1) is 0 Å². The van der Waals surface area contributed by atoms with E-state index in [0.29, 0.717) is 13.0 Å². The number of thiazole rings is 1. The summed E-state index contributed by atoms with van der Waals surface area (Å²) in [5.74, 6) is 1.09. The molecule has 1 aliphatic rings. The number of aryl methyl sites for hydroxylation is 1. The molecule has 1 amide bonds. The number of anilines is 1. The molecule has 6 heteroatoms. The molecule has 4 rings (SSSR count). The minimum atomic E-state index is 0.242. The van der Waals surface area contributed by atoms with Crippen LogP contribution in [0.2, 0.25) is 0 Å². The second-order valence-corrected chi connectivity index (χ2v) is 7.89. The molecule has 0 aliphatic carbocycles. The molecule has 28 heavy (non-hydrogen) atoms. The van der Waals surface area contributed by atoms with Crippen LogP contribution in [0.1, 0.15) is 18.9 Å². The van der Waals surface area contributed by atoms with Crippen molar-refractivity contribution in [3.8, 4) is 5.75 Å². The number of ether oxygens (including phenoxy) is 1. The standard InChI is InChI=1S/C22H25N3O2S/c1-2-27-18-9-6-10-19-21(18)23-22(28-19)25-15-13-24(14-16-25)20(26)12-11-17-7-4-3-5-8-17/h3-10H,2,11-16H2,1H3.